The minimum absolute atomic E-state index is 0.129. The molecular weight excluding hydrogens is 293 g/mol. The Morgan fingerprint density at radius 3 is 2.57 bits per heavy atom. The second-order valence-corrected chi connectivity index (χ2v) is 5.14. The van der Waals surface area contributed by atoms with Crippen molar-refractivity contribution in [3.8, 4) is 6.07 Å². The van der Waals surface area contributed by atoms with Crippen LogP contribution in [0.3, 0.4) is 0 Å². The van der Waals surface area contributed by atoms with Crippen LogP contribution >= 0.6 is 0 Å². The molecule has 118 valence electrons. The third kappa shape index (κ3) is 5.89. The van der Waals surface area contributed by atoms with Crippen LogP contribution in [0.15, 0.2) is 48.5 Å². The molecule has 0 fully saturated rings. The van der Waals surface area contributed by atoms with Crippen LogP contribution in [0.2, 0.25) is 0 Å². The van der Waals surface area contributed by atoms with Crippen molar-refractivity contribution in [3.63, 3.8) is 0 Å². The van der Waals surface area contributed by atoms with Crippen LogP contribution in [0.25, 0.3) is 0 Å². The largest absolute Gasteiger partial charge is 0.355 e. The van der Waals surface area contributed by atoms with Crippen LogP contribution in [0.5, 0.6) is 0 Å². The number of carbonyl (C=O) groups excluding carboxylic acids is 1. The van der Waals surface area contributed by atoms with E-state index in [2.05, 4.69) is 16.7 Å². The van der Waals surface area contributed by atoms with Gasteiger partial charge in [-0.1, -0.05) is 24.3 Å². The van der Waals surface area contributed by atoms with Crippen molar-refractivity contribution in [2.24, 2.45) is 0 Å². The van der Waals surface area contributed by atoms with Crippen molar-refractivity contribution in [1.29, 1.82) is 5.26 Å². The molecule has 2 N–H and O–H groups in total. The van der Waals surface area contributed by atoms with Crippen molar-refractivity contribution in [2.45, 2.75) is 13.0 Å². The molecule has 0 atom stereocenters. The van der Waals surface area contributed by atoms with Crippen LogP contribution in [0, 0.1) is 17.1 Å². The summed E-state index contributed by atoms with van der Waals surface area (Å²) in [5, 5.41) is 14.7. The number of benzene rings is 2. The predicted molar refractivity (Wildman–Crippen MR) is 86.0 cm³/mol. The molecule has 4 nitrogen and oxygen atoms in total. The Morgan fingerprint density at radius 1 is 1.09 bits per heavy atom. The standard InChI is InChI=1S/C18H18FN3O/c19-17-3-1-2-16(10-17)11-18(23)22-9-8-21-13-15-6-4-14(12-20)5-7-15/h1-7,10,21H,8-9,11,13H2,(H,22,23). The Hall–Kier alpha value is -2.71. The number of nitrogens with zero attached hydrogens (tertiary/aromatic N) is 1. The van der Waals surface area contributed by atoms with E-state index in [-0.39, 0.29) is 18.1 Å². The van der Waals surface area contributed by atoms with E-state index in [0.29, 0.717) is 30.8 Å². The zero-order chi connectivity index (χ0) is 16.5. The molecule has 23 heavy (non-hydrogen) atoms. The molecule has 0 aliphatic rings. The first-order valence-electron chi connectivity index (χ1n) is 7.38. The van der Waals surface area contributed by atoms with Crippen molar-refractivity contribution in [2.75, 3.05) is 13.1 Å². The number of carbonyl (C=O) groups is 1. The second kappa shape index (κ2) is 8.66. The zero-order valence-corrected chi connectivity index (χ0v) is 12.7. The van der Waals surface area contributed by atoms with Gasteiger partial charge in [0.05, 0.1) is 18.1 Å². The van der Waals surface area contributed by atoms with Crippen molar-refractivity contribution >= 4 is 5.91 Å². The summed E-state index contributed by atoms with van der Waals surface area (Å²) >= 11 is 0. The van der Waals surface area contributed by atoms with Crippen LogP contribution in [-0.2, 0) is 17.8 Å². The van der Waals surface area contributed by atoms with Gasteiger partial charge in [-0.15, -0.1) is 0 Å². The Balaban J connectivity index is 1.63. The fourth-order valence-corrected chi connectivity index (χ4v) is 2.11. The van der Waals surface area contributed by atoms with Gasteiger partial charge in [0.15, 0.2) is 0 Å². The second-order valence-electron chi connectivity index (χ2n) is 5.14. The Morgan fingerprint density at radius 2 is 1.87 bits per heavy atom. The molecule has 0 aromatic heterocycles. The molecule has 2 rings (SSSR count). The molecule has 0 aliphatic carbocycles. The fourth-order valence-electron chi connectivity index (χ4n) is 2.11. The van der Waals surface area contributed by atoms with Gasteiger partial charge in [0.1, 0.15) is 5.82 Å². The highest BCUT2D eigenvalue weighted by Gasteiger charge is 2.03. The minimum atomic E-state index is -0.334. The highest BCUT2D eigenvalue weighted by molar-refractivity contribution is 5.78. The van der Waals surface area contributed by atoms with E-state index in [9.17, 15) is 9.18 Å². The summed E-state index contributed by atoms with van der Waals surface area (Å²) in [6.45, 7) is 1.81. The van der Waals surface area contributed by atoms with Crippen LogP contribution in [-0.4, -0.2) is 19.0 Å². The lowest BCUT2D eigenvalue weighted by molar-refractivity contribution is -0.120. The van der Waals surface area contributed by atoms with Gasteiger partial charge in [0.2, 0.25) is 5.91 Å². The molecule has 0 saturated heterocycles. The smallest absolute Gasteiger partial charge is 0.224 e. The van der Waals surface area contributed by atoms with Crippen molar-refractivity contribution in [1.82, 2.24) is 10.6 Å². The summed E-state index contributed by atoms with van der Waals surface area (Å²) in [6.07, 6.45) is 0.174. The highest BCUT2D eigenvalue weighted by Crippen LogP contribution is 2.04. The van der Waals surface area contributed by atoms with Crippen LogP contribution < -0.4 is 10.6 Å². The molecule has 0 bridgehead atoms. The van der Waals surface area contributed by atoms with E-state index >= 15 is 0 Å². The third-order valence-corrected chi connectivity index (χ3v) is 3.29. The van der Waals surface area contributed by atoms with Crippen LogP contribution in [0.4, 0.5) is 4.39 Å². The molecule has 0 radical (unpaired) electrons. The van der Waals surface area contributed by atoms with Gasteiger partial charge in [0, 0.05) is 19.6 Å². The third-order valence-electron chi connectivity index (χ3n) is 3.29. The van der Waals surface area contributed by atoms with Gasteiger partial charge < -0.3 is 10.6 Å². The number of hydrogen-bond donors (Lipinski definition) is 2. The quantitative estimate of drug-likeness (QED) is 0.770. The molecule has 1 amide bonds. The predicted octanol–water partition coefficient (Wildman–Crippen LogP) is 2.15. The van der Waals surface area contributed by atoms with Gasteiger partial charge in [-0.25, -0.2) is 4.39 Å². The number of halogens is 1. The number of rotatable bonds is 7. The molecule has 0 unspecified atom stereocenters. The topological polar surface area (TPSA) is 64.9 Å². The molecule has 0 saturated carbocycles. The van der Waals surface area contributed by atoms with E-state index < -0.39 is 0 Å². The summed E-state index contributed by atoms with van der Waals surface area (Å²) in [4.78, 5) is 11.7. The Bertz CT molecular complexity index is 692. The first-order chi connectivity index (χ1) is 11.2. The minimum Gasteiger partial charge on any atom is -0.355 e. The van der Waals surface area contributed by atoms with E-state index in [1.54, 1.807) is 24.3 Å². The molecular formula is C18H18FN3O. The molecule has 2 aromatic rings. The summed E-state index contributed by atoms with van der Waals surface area (Å²) < 4.78 is 13.0. The number of amides is 1. The number of nitrogens with one attached hydrogen (secondary N) is 2. The molecule has 0 heterocycles. The number of nitriles is 1. The van der Waals surface area contributed by atoms with E-state index in [0.717, 1.165) is 5.56 Å². The first-order valence-corrected chi connectivity index (χ1v) is 7.38. The normalized spacial score (nSPS) is 10.1. The molecule has 0 aliphatic heterocycles. The highest BCUT2D eigenvalue weighted by atomic mass is 19.1. The summed E-state index contributed by atoms with van der Waals surface area (Å²) in [7, 11) is 0. The fraction of sp³-hybridized carbons (Fsp3) is 0.222. The van der Waals surface area contributed by atoms with E-state index in [4.69, 9.17) is 5.26 Å². The van der Waals surface area contributed by atoms with Crippen molar-refractivity contribution < 1.29 is 9.18 Å². The lowest BCUT2D eigenvalue weighted by Crippen LogP contribution is -2.32. The first kappa shape index (κ1) is 16.7. The molecule has 2 aromatic carbocycles. The molecule has 0 spiro atoms. The monoisotopic (exact) mass is 311 g/mol. The van der Waals surface area contributed by atoms with Gasteiger partial charge in [0.25, 0.3) is 0 Å². The summed E-state index contributed by atoms with van der Waals surface area (Å²) in [5.74, 6) is -0.463. The average molecular weight is 311 g/mol. The lowest BCUT2D eigenvalue weighted by atomic mass is 10.1. The van der Waals surface area contributed by atoms with Gasteiger partial charge in [-0.2, -0.15) is 5.26 Å². The van der Waals surface area contributed by atoms with Gasteiger partial charge >= 0.3 is 0 Å². The Labute approximate surface area is 134 Å². The molecule has 5 heteroatoms. The van der Waals surface area contributed by atoms with E-state index in [1.807, 2.05) is 12.1 Å². The van der Waals surface area contributed by atoms with Gasteiger partial charge in [-0.3, -0.25) is 4.79 Å². The zero-order valence-electron chi connectivity index (χ0n) is 12.7. The van der Waals surface area contributed by atoms with Crippen molar-refractivity contribution in [3.05, 3.63) is 71.0 Å². The summed E-state index contributed by atoms with van der Waals surface area (Å²) in [6, 6.07) is 15.5. The maximum atomic E-state index is 13.0. The summed E-state index contributed by atoms with van der Waals surface area (Å²) in [5.41, 5.74) is 2.38. The Kier molecular flexibility index (Phi) is 6.28. The SMILES string of the molecule is N#Cc1ccc(CNCCNC(=O)Cc2cccc(F)c2)cc1. The number of hydrogen-bond acceptors (Lipinski definition) is 3. The van der Waals surface area contributed by atoms with Gasteiger partial charge in [-0.05, 0) is 35.4 Å². The van der Waals surface area contributed by atoms with E-state index in [1.165, 1.54) is 12.1 Å². The van der Waals surface area contributed by atoms with Crippen LogP contribution in [0.1, 0.15) is 16.7 Å². The lowest BCUT2D eigenvalue weighted by Gasteiger charge is -2.07. The average Bonchev–Trinajstić information content (AvgIpc) is 2.55. The maximum Gasteiger partial charge on any atom is 0.224 e. The maximum absolute atomic E-state index is 13.0.